The van der Waals surface area contributed by atoms with E-state index in [0.717, 1.165) is 37.3 Å². The average molecular weight is 540 g/mol. The Labute approximate surface area is 203 Å². The molecule has 1 aliphatic carbocycles. The van der Waals surface area contributed by atoms with Crippen LogP contribution in [-0.4, -0.2) is 68.1 Å². The Morgan fingerprint density at radius 3 is 2.65 bits per heavy atom. The number of benzene rings is 1. The molecule has 2 heterocycles. The van der Waals surface area contributed by atoms with Gasteiger partial charge < -0.3 is 20.9 Å². The van der Waals surface area contributed by atoms with Gasteiger partial charge in [-0.3, -0.25) is 9.69 Å². The molecular formula is C23H37IN6O. The zero-order valence-corrected chi connectivity index (χ0v) is 20.9. The summed E-state index contributed by atoms with van der Waals surface area (Å²) in [4.78, 5) is 21.2. The Balaban J connectivity index is 0.00000272. The summed E-state index contributed by atoms with van der Waals surface area (Å²) >= 11 is 0. The maximum atomic E-state index is 11.6. The molecule has 0 radical (unpaired) electrons. The standard InChI is InChI=1S/C23H36N6O.HI/c1-2-24-23(27-19-11-13-28(16-19)20-5-3-4-6-20)26-15-18-7-9-21(10-8-18)29-14-12-25-22(30)17-29;/h7-10,19-20H,2-6,11-17H2,1H3,(H,25,30)(H2,24,26,27);1H. The molecule has 31 heavy (non-hydrogen) atoms. The molecule has 1 amide bonds. The Morgan fingerprint density at radius 2 is 1.94 bits per heavy atom. The van der Waals surface area contributed by atoms with Crippen molar-refractivity contribution in [1.29, 1.82) is 0 Å². The van der Waals surface area contributed by atoms with E-state index in [4.69, 9.17) is 4.99 Å². The highest BCUT2D eigenvalue weighted by molar-refractivity contribution is 14.0. The van der Waals surface area contributed by atoms with E-state index in [2.05, 4.69) is 56.9 Å². The lowest BCUT2D eigenvalue weighted by atomic mass is 10.2. The summed E-state index contributed by atoms with van der Waals surface area (Å²) in [6, 6.07) is 9.72. The lowest BCUT2D eigenvalue weighted by Gasteiger charge is -2.28. The van der Waals surface area contributed by atoms with Gasteiger partial charge in [0, 0.05) is 50.5 Å². The molecule has 1 unspecified atom stereocenters. The number of piperazine rings is 1. The normalized spacial score (nSPS) is 22.9. The van der Waals surface area contributed by atoms with Crippen molar-refractivity contribution in [3.8, 4) is 0 Å². The van der Waals surface area contributed by atoms with Gasteiger partial charge >= 0.3 is 0 Å². The second kappa shape index (κ2) is 11.9. The number of hydrogen-bond acceptors (Lipinski definition) is 4. The minimum atomic E-state index is 0. The van der Waals surface area contributed by atoms with Crippen LogP contribution in [0.2, 0.25) is 0 Å². The minimum Gasteiger partial charge on any atom is -0.360 e. The van der Waals surface area contributed by atoms with Crippen molar-refractivity contribution >= 4 is 41.5 Å². The van der Waals surface area contributed by atoms with E-state index in [9.17, 15) is 4.79 Å². The van der Waals surface area contributed by atoms with Crippen molar-refractivity contribution in [1.82, 2.24) is 20.9 Å². The van der Waals surface area contributed by atoms with Crippen LogP contribution < -0.4 is 20.9 Å². The number of nitrogens with zero attached hydrogens (tertiary/aromatic N) is 3. The van der Waals surface area contributed by atoms with Crippen LogP contribution in [-0.2, 0) is 11.3 Å². The van der Waals surface area contributed by atoms with Crippen LogP contribution in [0.25, 0.3) is 0 Å². The number of carbonyl (C=O) groups is 1. The van der Waals surface area contributed by atoms with Crippen LogP contribution in [0.15, 0.2) is 29.3 Å². The summed E-state index contributed by atoms with van der Waals surface area (Å²) in [5, 5.41) is 9.92. The number of hydrogen-bond donors (Lipinski definition) is 3. The molecular weight excluding hydrogens is 503 g/mol. The molecule has 0 aromatic heterocycles. The van der Waals surface area contributed by atoms with Gasteiger partial charge in [-0.05, 0) is 43.9 Å². The highest BCUT2D eigenvalue weighted by Crippen LogP contribution is 2.26. The molecule has 8 heteroatoms. The van der Waals surface area contributed by atoms with E-state index in [1.807, 2.05) is 0 Å². The van der Waals surface area contributed by atoms with Crippen LogP contribution in [0.3, 0.4) is 0 Å². The van der Waals surface area contributed by atoms with E-state index < -0.39 is 0 Å². The van der Waals surface area contributed by atoms with Gasteiger partial charge in [0.2, 0.25) is 5.91 Å². The quantitative estimate of drug-likeness (QED) is 0.294. The van der Waals surface area contributed by atoms with Crippen molar-refractivity contribution in [3.05, 3.63) is 29.8 Å². The number of carbonyl (C=O) groups excluding carboxylic acids is 1. The lowest BCUT2D eigenvalue weighted by molar-refractivity contribution is -0.120. The molecule has 2 saturated heterocycles. The third kappa shape index (κ3) is 6.71. The third-order valence-electron chi connectivity index (χ3n) is 6.51. The fourth-order valence-electron chi connectivity index (χ4n) is 4.86. The van der Waals surface area contributed by atoms with Gasteiger partial charge in [0.1, 0.15) is 0 Å². The van der Waals surface area contributed by atoms with Crippen molar-refractivity contribution in [2.45, 2.75) is 57.7 Å². The van der Waals surface area contributed by atoms with E-state index >= 15 is 0 Å². The molecule has 172 valence electrons. The molecule has 2 aliphatic heterocycles. The number of likely N-dealkylation sites (tertiary alicyclic amines) is 1. The molecule has 4 rings (SSSR count). The summed E-state index contributed by atoms with van der Waals surface area (Å²) in [6.07, 6.45) is 6.73. The van der Waals surface area contributed by atoms with Gasteiger partial charge in [0.05, 0.1) is 13.1 Å². The Hall–Kier alpha value is -1.55. The molecule has 1 atom stereocenters. The van der Waals surface area contributed by atoms with Gasteiger partial charge in [-0.2, -0.15) is 0 Å². The molecule has 0 spiro atoms. The topological polar surface area (TPSA) is 72.0 Å². The number of rotatable bonds is 6. The number of amides is 1. The monoisotopic (exact) mass is 540 g/mol. The lowest BCUT2D eigenvalue weighted by Crippen LogP contribution is -2.47. The predicted molar refractivity (Wildman–Crippen MR) is 137 cm³/mol. The summed E-state index contributed by atoms with van der Waals surface area (Å²) < 4.78 is 0. The molecule has 3 fully saturated rings. The van der Waals surface area contributed by atoms with Crippen LogP contribution >= 0.6 is 24.0 Å². The van der Waals surface area contributed by atoms with Crippen molar-refractivity contribution in [3.63, 3.8) is 0 Å². The fourth-order valence-corrected chi connectivity index (χ4v) is 4.86. The van der Waals surface area contributed by atoms with Crippen molar-refractivity contribution < 1.29 is 4.79 Å². The van der Waals surface area contributed by atoms with E-state index in [0.29, 0.717) is 25.7 Å². The maximum absolute atomic E-state index is 11.6. The van der Waals surface area contributed by atoms with E-state index in [-0.39, 0.29) is 29.9 Å². The van der Waals surface area contributed by atoms with Gasteiger partial charge in [0.15, 0.2) is 5.96 Å². The van der Waals surface area contributed by atoms with Gasteiger partial charge in [-0.15, -0.1) is 24.0 Å². The Bertz CT molecular complexity index is 734. The molecule has 0 bridgehead atoms. The third-order valence-corrected chi connectivity index (χ3v) is 6.51. The Kier molecular flexibility index (Phi) is 9.25. The average Bonchev–Trinajstić information content (AvgIpc) is 3.45. The zero-order valence-electron chi connectivity index (χ0n) is 18.6. The highest BCUT2D eigenvalue weighted by Gasteiger charge is 2.30. The molecule has 7 nitrogen and oxygen atoms in total. The zero-order chi connectivity index (χ0) is 20.8. The van der Waals surface area contributed by atoms with Crippen LogP contribution in [0, 0.1) is 0 Å². The fraction of sp³-hybridized carbons (Fsp3) is 0.652. The predicted octanol–water partition coefficient (Wildman–Crippen LogP) is 2.31. The summed E-state index contributed by atoms with van der Waals surface area (Å²) in [6.45, 7) is 7.96. The van der Waals surface area contributed by atoms with Gasteiger partial charge in [-0.1, -0.05) is 25.0 Å². The molecule has 1 saturated carbocycles. The van der Waals surface area contributed by atoms with Gasteiger partial charge in [0.25, 0.3) is 0 Å². The van der Waals surface area contributed by atoms with Gasteiger partial charge in [-0.25, -0.2) is 4.99 Å². The van der Waals surface area contributed by atoms with Crippen LogP contribution in [0.1, 0.15) is 44.6 Å². The maximum Gasteiger partial charge on any atom is 0.239 e. The second-order valence-corrected chi connectivity index (χ2v) is 8.70. The van der Waals surface area contributed by atoms with Crippen molar-refractivity contribution in [2.75, 3.05) is 44.2 Å². The molecule has 3 aliphatic rings. The first-order valence-corrected chi connectivity index (χ1v) is 11.6. The first kappa shape index (κ1) is 24.1. The largest absolute Gasteiger partial charge is 0.360 e. The van der Waals surface area contributed by atoms with E-state index in [1.54, 1.807) is 0 Å². The molecule has 3 N–H and O–H groups in total. The van der Waals surface area contributed by atoms with Crippen molar-refractivity contribution in [2.24, 2.45) is 4.99 Å². The number of aliphatic imine (C=N–C) groups is 1. The minimum absolute atomic E-state index is 0. The summed E-state index contributed by atoms with van der Waals surface area (Å²) in [5.74, 6) is 1.00. The van der Waals surface area contributed by atoms with Crippen LogP contribution in [0.5, 0.6) is 0 Å². The first-order valence-electron chi connectivity index (χ1n) is 11.6. The highest BCUT2D eigenvalue weighted by atomic mass is 127. The SMILES string of the molecule is CCNC(=NCc1ccc(N2CCNC(=O)C2)cc1)NC1CCN(C2CCCC2)C1.I. The second-order valence-electron chi connectivity index (χ2n) is 8.70. The molecule has 1 aromatic rings. The smallest absolute Gasteiger partial charge is 0.239 e. The number of halogens is 1. The number of guanidine groups is 1. The van der Waals surface area contributed by atoms with Crippen LogP contribution in [0.4, 0.5) is 5.69 Å². The summed E-state index contributed by atoms with van der Waals surface area (Å²) in [7, 11) is 0. The van der Waals surface area contributed by atoms with E-state index in [1.165, 1.54) is 44.2 Å². The number of anilines is 1. The first-order chi connectivity index (χ1) is 14.7. The molecule has 1 aromatic carbocycles. The number of nitrogens with one attached hydrogen (secondary N) is 3. The Morgan fingerprint density at radius 1 is 1.16 bits per heavy atom. The summed E-state index contributed by atoms with van der Waals surface area (Å²) in [5.41, 5.74) is 2.27.